The molecule has 0 aromatic heterocycles. The Kier molecular flexibility index (Phi) is 4.57. The first-order valence-electron chi connectivity index (χ1n) is 7.36. The van der Waals surface area contributed by atoms with Gasteiger partial charge in [-0.1, -0.05) is 29.8 Å². The fraction of sp³-hybridized carbons (Fsp3) is 0.235. The molecular formula is C17H17ClN2O3. The number of nitrogens with zero attached hydrogens (tertiary/aromatic N) is 1. The van der Waals surface area contributed by atoms with Crippen LogP contribution in [0.15, 0.2) is 42.5 Å². The second-order valence-electron chi connectivity index (χ2n) is 5.11. The van der Waals surface area contributed by atoms with Crippen LogP contribution in [0.3, 0.4) is 0 Å². The molecule has 5 nitrogen and oxygen atoms in total. The second-order valence-corrected chi connectivity index (χ2v) is 5.54. The van der Waals surface area contributed by atoms with E-state index in [9.17, 15) is 4.79 Å². The number of urea groups is 1. The third-order valence-electron chi connectivity index (χ3n) is 3.58. The molecule has 3 rings (SSSR count). The van der Waals surface area contributed by atoms with Crippen molar-refractivity contribution in [1.82, 2.24) is 4.90 Å². The van der Waals surface area contributed by atoms with Gasteiger partial charge in [-0.2, -0.15) is 0 Å². The molecule has 23 heavy (non-hydrogen) atoms. The minimum absolute atomic E-state index is 0.189. The summed E-state index contributed by atoms with van der Waals surface area (Å²) in [5, 5.41) is 3.43. The lowest BCUT2D eigenvalue weighted by Crippen LogP contribution is -2.34. The van der Waals surface area contributed by atoms with E-state index in [1.165, 1.54) is 0 Å². The van der Waals surface area contributed by atoms with Crippen molar-refractivity contribution in [3.05, 3.63) is 53.1 Å². The van der Waals surface area contributed by atoms with Gasteiger partial charge in [-0.05, 0) is 31.2 Å². The molecule has 0 radical (unpaired) electrons. The predicted octanol–water partition coefficient (Wildman–Crippen LogP) is 4.12. The lowest BCUT2D eigenvalue weighted by molar-refractivity contribution is 0.172. The van der Waals surface area contributed by atoms with Gasteiger partial charge in [-0.3, -0.25) is 0 Å². The van der Waals surface area contributed by atoms with Gasteiger partial charge in [0.2, 0.25) is 6.79 Å². The zero-order valence-electron chi connectivity index (χ0n) is 12.7. The summed E-state index contributed by atoms with van der Waals surface area (Å²) in [6.07, 6.45) is 0. The Hall–Kier alpha value is -2.40. The monoisotopic (exact) mass is 332 g/mol. The summed E-state index contributed by atoms with van der Waals surface area (Å²) in [4.78, 5) is 14.2. The number of anilines is 1. The molecule has 2 aromatic carbocycles. The lowest BCUT2D eigenvalue weighted by Gasteiger charge is -2.22. The van der Waals surface area contributed by atoms with Crippen molar-refractivity contribution in [3.63, 3.8) is 0 Å². The summed E-state index contributed by atoms with van der Waals surface area (Å²) in [5.41, 5.74) is 1.59. The van der Waals surface area contributed by atoms with E-state index < -0.39 is 0 Å². The second kappa shape index (κ2) is 6.79. The molecule has 6 heteroatoms. The van der Waals surface area contributed by atoms with Crippen LogP contribution >= 0.6 is 11.6 Å². The summed E-state index contributed by atoms with van der Waals surface area (Å²) in [7, 11) is 0. The first kappa shape index (κ1) is 15.5. The zero-order valence-corrected chi connectivity index (χ0v) is 13.5. The Bertz CT molecular complexity index is 721. The lowest BCUT2D eigenvalue weighted by atomic mass is 10.1. The van der Waals surface area contributed by atoms with Crippen LogP contribution in [0.2, 0.25) is 5.02 Å². The summed E-state index contributed by atoms with van der Waals surface area (Å²) in [6, 6.07) is 12.6. The van der Waals surface area contributed by atoms with Gasteiger partial charge in [-0.15, -0.1) is 0 Å². The van der Waals surface area contributed by atoms with Crippen molar-refractivity contribution >= 4 is 23.3 Å². The average Bonchev–Trinajstić information content (AvgIpc) is 3.01. The highest BCUT2D eigenvalue weighted by Crippen LogP contribution is 2.35. The fourth-order valence-electron chi connectivity index (χ4n) is 2.42. The average molecular weight is 333 g/mol. The molecular weight excluding hydrogens is 316 g/mol. The Labute approximate surface area is 139 Å². The normalized spacial score (nSPS) is 12.1. The van der Waals surface area contributed by atoms with Gasteiger partial charge < -0.3 is 19.7 Å². The number of para-hydroxylation sites is 1. The molecule has 0 spiro atoms. The number of benzene rings is 2. The number of hydrogen-bond donors (Lipinski definition) is 1. The number of halogens is 1. The molecule has 1 N–H and O–H groups in total. The van der Waals surface area contributed by atoms with Crippen molar-refractivity contribution in [2.24, 2.45) is 0 Å². The van der Waals surface area contributed by atoms with E-state index in [-0.39, 0.29) is 12.8 Å². The van der Waals surface area contributed by atoms with E-state index in [4.69, 9.17) is 21.1 Å². The predicted molar refractivity (Wildman–Crippen MR) is 89.1 cm³/mol. The highest BCUT2D eigenvalue weighted by molar-refractivity contribution is 6.30. The van der Waals surface area contributed by atoms with E-state index in [2.05, 4.69) is 5.32 Å². The summed E-state index contributed by atoms with van der Waals surface area (Å²) in [6.45, 7) is 3.15. The number of fused-ring (bicyclic) bond motifs is 1. The number of hydrogen-bond acceptors (Lipinski definition) is 3. The van der Waals surface area contributed by atoms with E-state index in [1.807, 2.05) is 25.1 Å². The number of ether oxygens (including phenoxy) is 2. The molecule has 1 aliphatic rings. The summed E-state index contributed by atoms with van der Waals surface area (Å²) < 4.78 is 10.9. The number of carbonyl (C=O) groups is 1. The molecule has 0 unspecified atom stereocenters. The van der Waals surface area contributed by atoms with Gasteiger partial charge in [0.05, 0.1) is 6.54 Å². The summed E-state index contributed by atoms with van der Waals surface area (Å²) >= 11 is 5.94. The van der Waals surface area contributed by atoms with Crippen LogP contribution in [0.5, 0.6) is 11.5 Å². The van der Waals surface area contributed by atoms with Crippen molar-refractivity contribution in [3.8, 4) is 11.5 Å². The van der Waals surface area contributed by atoms with Crippen LogP contribution in [0.4, 0.5) is 10.5 Å². The molecule has 1 heterocycles. The zero-order chi connectivity index (χ0) is 16.2. The molecule has 0 atom stereocenters. The van der Waals surface area contributed by atoms with Crippen molar-refractivity contribution in [2.75, 3.05) is 18.7 Å². The Morgan fingerprint density at radius 3 is 2.87 bits per heavy atom. The van der Waals surface area contributed by atoms with Crippen LogP contribution in [-0.4, -0.2) is 24.3 Å². The minimum atomic E-state index is -0.189. The van der Waals surface area contributed by atoms with E-state index in [0.29, 0.717) is 35.3 Å². The molecule has 1 aliphatic heterocycles. The Morgan fingerprint density at radius 1 is 1.26 bits per heavy atom. The van der Waals surface area contributed by atoms with Crippen LogP contribution in [-0.2, 0) is 6.54 Å². The number of rotatable bonds is 4. The standard InChI is InChI=1S/C17H17ClN2O3/c1-2-20(17(21)19-14-7-4-6-13(18)9-14)10-12-5-3-8-15-16(12)23-11-22-15/h3-9H,2,10-11H2,1H3,(H,19,21). The number of nitrogens with one attached hydrogen (secondary N) is 1. The third kappa shape index (κ3) is 3.51. The van der Waals surface area contributed by atoms with Gasteiger partial charge in [0.15, 0.2) is 11.5 Å². The number of amides is 2. The van der Waals surface area contributed by atoms with E-state index in [0.717, 1.165) is 5.56 Å². The molecule has 2 aromatic rings. The quantitative estimate of drug-likeness (QED) is 0.916. The minimum Gasteiger partial charge on any atom is -0.454 e. The number of carbonyl (C=O) groups excluding carboxylic acids is 1. The van der Waals surface area contributed by atoms with Crippen molar-refractivity contribution in [1.29, 1.82) is 0 Å². The van der Waals surface area contributed by atoms with Gasteiger partial charge in [-0.25, -0.2) is 4.79 Å². The van der Waals surface area contributed by atoms with Gasteiger partial charge in [0, 0.05) is 22.8 Å². The van der Waals surface area contributed by atoms with Crippen LogP contribution in [0, 0.1) is 0 Å². The van der Waals surface area contributed by atoms with E-state index >= 15 is 0 Å². The van der Waals surface area contributed by atoms with E-state index in [1.54, 1.807) is 29.2 Å². The largest absolute Gasteiger partial charge is 0.454 e. The smallest absolute Gasteiger partial charge is 0.322 e. The molecule has 2 amide bonds. The molecule has 0 bridgehead atoms. The van der Waals surface area contributed by atoms with Crippen molar-refractivity contribution in [2.45, 2.75) is 13.5 Å². The van der Waals surface area contributed by atoms with Crippen molar-refractivity contribution < 1.29 is 14.3 Å². The maximum Gasteiger partial charge on any atom is 0.322 e. The topological polar surface area (TPSA) is 50.8 Å². The first-order valence-corrected chi connectivity index (χ1v) is 7.74. The molecule has 120 valence electrons. The highest BCUT2D eigenvalue weighted by Gasteiger charge is 2.20. The molecule has 0 saturated carbocycles. The maximum absolute atomic E-state index is 12.5. The third-order valence-corrected chi connectivity index (χ3v) is 3.82. The maximum atomic E-state index is 12.5. The van der Waals surface area contributed by atoms with Crippen LogP contribution in [0.1, 0.15) is 12.5 Å². The highest BCUT2D eigenvalue weighted by atomic mass is 35.5. The Balaban J connectivity index is 1.73. The van der Waals surface area contributed by atoms with Gasteiger partial charge >= 0.3 is 6.03 Å². The Morgan fingerprint density at radius 2 is 2.09 bits per heavy atom. The molecule has 0 saturated heterocycles. The summed E-state index contributed by atoms with van der Waals surface area (Å²) in [5.74, 6) is 1.43. The molecule has 0 aliphatic carbocycles. The van der Waals surface area contributed by atoms with Gasteiger partial charge in [0.1, 0.15) is 0 Å². The van der Waals surface area contributed by atoms with Crippen LogP contribution in [0.25, 0.3) is 0 Å². The van der Waals surface area contributed by atoms with Gasteiger partial charge in [0.25, 0.3) is 0 Å². The molecule has 0 fully saturated rings. The first-order chi connectivity index (χ1) is 11.2. The van der Waals surface area contributed by atoms with Crippen LogP contribution < -0.4 is 14.8 Å². The fourth-order valence-corrected chi connectivity index (χ4v) is 2.61. The SMILES string of the molecule is CCN(Cc1cccc2c1OCO2)C(=O)Nc1cccc(Cl)c1.